The van der Waals surface area contributed by atoms with Crippen molar-refractivity contribution in [1.82, 2.24) is 14.6 Å². The van der Waals surface area contributed by atoms with E-state index in [-0.39, 0.29) is 10.9 Å². The van der Waals surface area contributed by atoms with Gasteiger partial charge in [-0.05, 0) is 26.0 Å². The third-order valence-corrected chi connectivity index (χ3v) is 6.29. The van der Waals surface area contributed by atoms with Crippen LogP contribution in [0.2, 0.25) is 5.02 Å². The molecule has 1 N–H and O–H groups in total. The number of sulfonamides is 1. The molecule has 1 aliphatic heterocycles. The van der Waals surface area contributed by atoms with Gasteiger partial charge in [0.1, 0.15) is 0 Å². The smallest absolute Gasteiger partial charge is 0.244 e. The Hall–Kier alpha value is -1.21. The Bertz CT molecular complexity index is 789. The predicted molar refractivity (Wildman–Crippen MR) is 87.6 cm³/mol. The van der Waals surface area contributed by atoms with Crippen molar-refractivity contribution >= 4 is 32.4 Å². The van der Waals surface area contributed by atoms with Crippen molar-refractivity contribution in [2.45, 2.75) is 24.3 Å². The van der Waals surface area contributed by atoms with E-state index in [2.05, 4.69) is 10.3 Å². The largest absolute Gasteiger partial charge is 0.315 e. The molecule has 0 bridgehead atoms. The Morgan fingerprint density at radius 2 is 2.18 bits per heavy atom. The number of benzene rings is 1. The Balaban J connectivity index is 2.17. The number of pyridine rings is 1. The van der Waals surface area contributed by atoms with E-state index in [1.807, 2.05) is 13.0 Å². The molecule has 22 heavy (non-hydrogen) atoms. The van der Waals surface area contributed by atoms with E-state index in [1.165, 1.54) is 6.20 Å². The molecule has 5 nitrogen and oxygen atoms in total. The van der Waals surface area contributed by atoms with Gasteiger partial charge in [-0.25, -0.2) is 8.42 Å². The lowest BCUT2D eigenvalue weighted by molar-refractivity contribution is 0.354. The summed E-state index contributed by atoms with van der Waals surface area (Å²) in [5.41, 5.74) is 0. The molecule has 1 fully saturated rings. The fourth-order valence-electron chi connectivity index (χ4n) is 2.85. The molecule has 2 heterocycles. The van der Waals surface area contributed by atoms with Gasteiger partial charge >= 0.3 is 0 Å². The topological polar surface area (TPSA) is 62.3 Å². The summed E-state index contributed by atoms with van der Waals surface area (Å²) in [5.74, 6) is 0. The fourth-order valence-corrected chi connectivity index (χ4v) is 5.08. The van der Waals surface area contributed by atoms with Crippen LogP contribution < -0.4 is 5.32 Å². The zero-order valence-corrected chi connectivity index (χ0v) is 13.9. The van der Waals surface area contributed by atoms with Crippen LogP contribution in [0.15, 0.2) is 35.5 Å². The van der Waals surface area contributed by atoms with Gasteiger partial charge < -0.3 is 5.32 Å². The molecule has 1 aromatic heterocycles. The van der Waals surface area contributed by atoms with Gasteiger partial charge in [-0.2, -0.15) is 4.31 Å². The monoisotopic (exact) mass is 339 g/mol. The van der Waals surface area contributed by atoms with Crippen LogP contribution in [-0.4, -0.2) is 43.4 Å². The molecule has 0 radical (unpaired) electrons. The summed E-state index contributed by atoms with van der Waals surface area (Å²) in [6.45, 7) is 3.91. The summed E-state index contributed by atoms with van der Waals surface area (Å²) in [6, 6.07) is 5.08. The molecule has 1 aliphatic rings. The van der Waals surface area contributed by atoms with Crippen molar-refractivity contribution in [2.75, 3.05) is 19.6 Å². The number of rotatable bonds is 2. The van der Waals surface area contributed by atoms with Crippen LogP contribution in [0, 0.1) is 0 Å². The maximum atomic E-state index is 13.1. The van der Waals surface area contributed by atoms with E-state index >= 15 is 0 Å². The van der Waals surface area contributed by atoms with Crippen LogP contribution >= 0.6 is 11.6 Å². The molecule has 118 valence electrons. The van der Waals surface area contributed by atoms with Gasteiger partial charge in [0.2, 0.25) is 10.0 Å². The molecule has 0 aliphatic carbocycles. The number of nitrogens with one attached hydrogen (secondary N) is 1. The molecule has 1 aromatic carbocycles. The standard InChI is InChI=1S/C15H18ClN3O2S/c1-11-8-17-6-3-7-19(11)22(20,21)14-5-2-4-12-9-18-10-13(16)15(12)14/h2,4-5,9-11,17H,3,6-8H2,1H3/t11-/m1/s1. The lowest BCUT2D eigenvalue weighted by Crippen LogP contribution is -2.41. The first-order valence-electron chi connectivity index (χ1n) is 7.26. The fraction of sp³-hybridized carbons (Fsp3) is 0.400. The molecule has 0 amide bonds. The first-order chi connectivity index (χ1) is 10.5. The van der Waals surface area contributed by atoms with Crippen LogP contribution in [-0.2, 0) is 10.0 Å². The van der Waals surface area contributed by atoms with Gasteiger partial charge in [0, 0.05) is 42.3 Å². The molecule has 2 aromatic rings. The van der Waals surface area contributed by atoms with E-state index in [4.69, 9.17) is 11.6 Å². The molecule has 0 saturated carbocycles. The van der Waals surface area contributed by atoms with Crippen LogP contribution in [0.4, 0.5) is 0 Å². The molecule has 1 saturated heterocycles. The van der Waals surface area contributed by atoms with Crippen molar-refractivity contribution < 1.29 is 8.42 Å². The summed E-state index contributed by atoms with van der Waals surface area (Å²) in [5, 5.41) is 4.89. The third kappa shape index (κ3) is 2.72. The number of hydrogen-bond donors (Lipinski definition) is 1. The average Bonchev–Trinajstić information content (AvgIpc) is 2.72. The quantitative estimate of drug-likeness (QED) is 0.911. The minimum atomic E-state index is -3.60. The number of halogens is 1. The molecule has 7 heteroatoms. The number of aromatic nitrogens is 1. The van der Waals surface area contributed by atoms with E-state index in [9.17, 15) is 8.42 Å². The van der Waals surface area contributed by atoms with Crippen molar-refractivity contribution in [3.63, 3.8) is 0 Å². The van der Waals surface area contributed by atoms with E-state index in [0.717, 1.165) is 18.4 Å². The van der Waals surface area contributed by atoms with Crippen molar-refractivity contribution in [1.29, 1.82) is 0 Å². The van der Waals surface area contributed by atoms with E-state index in [0.29, 0.717) is 23.5 Å². The maximum Gasteiger partial charge on any atom is 0.244 e. The molecule has 0 unspecified atom stereocenters. The Morgan fingerprint density at radius 3 is 3.00 bits per heavy atom. The second kappa shape index (κ2) is 6.12. The lowest BCUT2D eigenvalue weighted by Gasteiger charge is -2.26. The minimum absolute atomic E-state index is 0.0941. The van der Waals surface area contributed by atoms with Crippen molar-refractivity contribution in [3.05, 3.63) is 35.6 Å². The normalized spacial score (nSPS) is 20.9. The SMILES string of the molecule is C[C@@H]1CNCCCN1S(=O)(=O)c1cccc2cncc(Cl)c12. The van der Waals surface area contributed by atoms with E-state index in [1.54, 1.807) is 22.6 Å². The highest BCUT2D eigenvalue weighted by atomic mass is 35.5. The zero-order chi connectivity index (χ0) is 15.7. The molecule has 3 rings (SSSR count). The average molecular weight is 340 g/mol. The van der Waals surface area contributed by atoms with Crippen molar-refractivity contribution in [3.8, 4) is 0 Å². The van der Waals surface area contributed by atoms with Crippen LogP contribution in [0.25, 0.3) is 10.8 Å². The van der Waals surface area contributed by atoms with E-state index < -0.39 is 10.0 Å². The Labute approximate surface area is 135 Å². The highest BCUT2D eigenvalue weighted by Crippen LogP contribution is 2.31. The maximum absolute atomic E-state index is 13.1. The summed E-state index contributed by atoms with van der Waals surface area (Å²) in [6.07, 6.45) is 3.91. The predicted octanol–water partition coefficient (Wildman–Crippen LogP) is 2.26. The number of nitrogens with zero attached hydrogens (tertiary/aromatic N) is 2. The van der Waals surface area contributed by atoms with Gasteiger partial charge in [-0.1, -0.05) is 23.7 Å². The summed E-state index contributed by atoms with van der Waals surface area (Å²) >= 11 is 6.22. The highest BCUT2D eigenvalue weighted by Gasteiger charge is 2.31. The van der Waals surface area contributed by atoms with Gasteiger partial charge in [-0.3, -0.25) is 4.98 Å². The highest BCUT2D eigenvalue weighted by molar-refractivity contribution is 7.89. The summed E-state index contributed by atoms with van der Waals surface area (Å²) < 4.78 is 27.8. The van der Waals surface area contributed by atoms with Gasteiger partial charge in [0.25, 0.3) is 0 Å². The van der Waals surface area contributed by atoms with Crippen molar-refractivity contribution in [2.24, 2.45) is 0 Å². The van der Waals surface area contributed by atoms with Gasteiger partial charge in [0.05, 0.1) is 9.92 Å². The lowest BCUT2D eigenvalue weighted by atomic mass is 10.2. The van der Waals surface area contributed by atoms with Crippen LogP contribution in [0.3, 0.4) is 0 Å². The van der Waals surface area contributed by atoms with Crippen LogP contribution in [0.5, 0.6) is 0 Å². The Kier molecular flexibility index (Phi) is 4.36. The molecular formula is C15H18ClN3O2S. The molecular weight excluding hydrogens is 322 g/mol. The van der Waals surface area contributed by atoms with Gasteiger partial charge in [0.15, 0.2) is 0 Å². The zero-order valence-electron chi connectivity index (χ0n) is 12.3. The second-order valence-electron chi connectivity index (χ2n) is 5.50. The number of hydrogen-bond acceptors (Lipinski definition) is 4. The molecule has 0 spiro atoms. The summed E-state index contributed by atoms with van der Waals surface area (Å²) in [7, 11) is -3.60. The second-order valence-corrected chi connectivity index (χ2v) is 7.76. The van der Waals surface area contributed by atoms with Crippen LogP contribution in [0.1, 0.15) is 13.3 Å². The first kappa shape index (κ1) is 15.7. The number of fused-ring (bicyclic) bond motifs is 1. The van der Waals surface area contributed by atoms with Gasteiger partial charge in [-0.15, -0.1) is 0 Å². The minimum Gasteiger partial charge on any atom is -0.315 e. The third-order valence-electron chi connectivity index (χ3n) is 3.95. The first-order valence-corrected chi connectivity index (χ1v) is 9.08. The summed E-state index contributed by atoms with van der Waals surface area (Å²) in [4.78, 5) is 4.28. The molecule has 1 atom stereocenters. The Morgan fingerprint density at radius 1 is 1.36 bits per heavy atom.